The summed E-state index contributed by atoms with van der Waals surface area (Å²) < 4.78 is 0. The van der Waals surface area contributed by atoms with Crippen molar-refractivity contribution in [1.82, 2.24) is 4.90 Å². The molecule has 1 aliphatic heterocycles. The number of halogens is 1. The SMILES string of the molecule is CC(C)N1CCC(O)(c2cccc(Cl)c2)CC1. The van der Waals surface area contributed by atoms with Crippen molar-refractivity contribution in [2.45, 2.75) is 38.3 Å². The van der Waals surface area contributed by atoms with Crippen molar-refractivity contribution >= 4 is 11.6 Å². The van der Waals surface area contributed by atoms with Gasteiger partial charge in [-0.1, -0.05) is 23.7 Å². The van der Waals surface area contributed by atoms with E-state index in [0.717, 1.165) is 31.5 Å². The Labute approximate surface area is 108 Å². The molecule has 1 fully saturated rings. The van der Waals surface area contributed by atoms with Crippen LogP contribution < -0.4 is 0 Å². The van der Waals surface area contributed by atoms with Gasteiger partial charge in [-0.25, -0.2) is 0 Å². The molecule has 1 aromatic rings. The van der Waals surface area contributed by atoms with Crippen molar-refractivity contribution in [1.29, 1.82) is 0 Å². The molecule has 1 aromatic carbocycles. The number of hydrogen-bond acceptors (Lipinski definition) is 2. The lowest BCUT2D eigenvalue weighted by Gasteiger charge is -2.40. The highest BCUT2D eigenvalue weighted by molar-refractivity contribution is 6.30. The number of hydrogen-bond donors (Lipinski definition) is 1. The van der Waals surface area contributed by atoms with Crippen molar-refractivity contribution in [2.24, 2.45) is 0 Å². The summed E-state index contributed by atoms with van der Waals surface area (Å²) in [5.41, 5.74) is 0.254. The summed E-state index contributed by atoms with van der Waals surface area (Å²) in [7, 11) is 0. The second-order valence-electron chi connectivity index (χ2n) is 5.17. The first kappa shape index (κ1) is 12.9. The van der Waals surface area contributed by atoms with Crippen molar-refractivity contribution in [2.75, 3.05) is 13.1 Å². The molecule has 0 saturated carbocycles. The van der Waals surface area contributed by atoms with Crippen molar-refractivity contribution in [3.8, 4) is 0 Å². The van der Waals surface area contributed by atoms with Crippen LogP contribution in [0.15, 0.2) is 24.3 Å². The van der Waals surface area contributed by atoms with Crippen molar-refractivity contribution in [3.05, 3.63) is 34.9 Å². The third-order valence-electron chi connectivity index (χ3n) is 3.72. The Kier molecular flexibility index (Phi) is 3.76. The summed E-state index contributed by atoms with van der Waals surface area (Å²) in [6.45, 7) is 6.29. The highest BCUT2D eigenvalue weighted by Crippen LogP contribution is 2.34. The van der Waals surface area contributed by atoms with Gasteiger partial charge < -0.3 is 10.0 Å². The third-order valence-corrected chi connectivity index (χ3v) is 3.95. The molecule has 0 radical (unpaired) electrons. The minimum absolute atomic E-state index is 0.555. The maximum absolute atomic E-state index is 10.7. The lowest BCUT2D eigenvalue weighted by Crippen LogP contribution is -2.45. The smallest absolute Gasteiger partial charge is 0.0921 e. The maximum atomic E-state index is 10.7. The van der Waals surface area contributed by atoms with Gasteiger partial charge >= 0.3 is 0 Å². The fraction of sp³-hybridized carbons (Fsp3) is 0.571. The zero-order valence-electron chi connectivity index (χ0n) is 10.5. The van der Waals surface area contributed by atoms with Gasteiger partial charge in [0.15, 0.2) is 0 Å². The van der Waals surface area contributed by atoms with Gasteiger partial charge in [0.25, 0.3) is 0 Å². The van der Waals surface area contributed by atoms with Crippen molar-refractivity contribution < 1.29 is 5.11 Å². The molecule has 1 N–H and O–H groups in total. The Morgan fingerprint density at radius 1 is 1.29 bits per heavy atom. The summed E-state index contributed by atoms with van der Waals surface area (Å²) in [4.78, 5) is 2.40. The summed E-state index contributed by atoms with van der Waals surface area (Å²) >= 11 is 5.98. The van der Waals surface area contributed by atoms with Gasteiger partial charge in [-0.3, -0.25) is 0 Å². The lowest BCUT2D eigenvalue weighted by molar-refractivity contribution is -0.0323. The Bertz CT molecular complexity index is 384. The van der Waals surface area contributed by atoms with E-state index in [9.17, 15) is 5.11 Å². The summed E-state index contributed by atoms with van der Waals surface area (Å²) in [6.07, 6.45) is 1.57. The van der Waals surface area contributed by atoms with Crippen LogP contribution in [0.3, 0.4) is 0 Å². The van der Waals surface area contributed by atoms with Crippen LogP contribution in [0.4, 0.5) is 0 Å². The zero-order chi connectivity index (χ0) is 12.5. The predicted molar refractivity (Wildman–Crippen MR) is 71.3 cm³/mol. The Morgan fingerprint density at radius 2 is 1.94 bits per heavy atom. The highest BCUT2D eigenvalue weighted by atomic mass is 35.5. The van der Waals surface area contributed by atoms with E-state index in [-0.39, 0.29) is 0 Å². The molecule has 0 unspecified atom stereocenters. The fourth-order valence-corrected chi connectivity index (χ4v) is 2.67. The minimum Gasteiger partial charge on any atom is -0.385 e. The number of nitrogens with zero attached hydrogens (tertiary/aromatic N) is 1. The Balaban J connectivity index is 2.12. The molecule has 94 valence electrons. The number of aliphatic hydroxyl groups is 1. The quantitative estimate of drug-likeness (QED) is 0.876. The Hall–Kier alpha value is -0.570. The topological polar surface area (TPSA) is 23.5 Å². The molecule has 0 bridgehead atoms. The second-order valence-corrected chi connectivity index (χ2v) is 5.61. The molecule has 0 aromatic heterocycles. The van der Waals surface area contributed by atoms with E-state index in [0.29, 0.717) is 11.1 Å². The van der Waals surface area contributed by atoms with E-state index in [2.05, 4.69) is 18.7 Å². The predicted octanol–water partition coefficient (Wildman–Crippen LogP) is 3.03. The first-order chi connectivity index (χ1) is 8.01. The van der Waals surface area contributed by atoms with Gasteiger partial charge in [0.1, 0.15) is 0 Å². The van der Waals surface area contributed by atoms with E-state index < -0.39 is 5.60 Å². The largest absolute Gasteiger partial charge is 0.385 e. The third kappa shape index (κ3) is 2.82. The van der Waals surface area contributed by atoms with Gasteiger partial charge in [0, 0.05) is 24.2 Å². The monoisotopic (exact) mass is 253 g/mol. The molecule has 1 aliphatic rings. The average Bonchev–Trinajstić information content (AvgIpc) is 2.29. The van der Waals surface area contributed by atoms with Gasteiger partial charge in [0.05, 0.1) is 5.60 Å². The van der Waals surface area contributed by atoms with Crippen LogP contribution >= 0.6 is 11.6 Å². The van der Waals surface area contributed by atoms with Crippen LogP contribution in [0, 0.1) is 0 Å². The van der Waals surface area contributed by atoms with Gasteiger partial charge in [0.2, 0.25) is 0 Å². The van der Waals surface area contributed by atoms with E-state index >= 15 is 0 Å². The standard InChI is InChI=1S/C14H20ClNO/c1-11(2)16-8-6-14(17,7-9-16)12-4-3-5-13(15)10-12/h3-5,10-11,17H,6-9H2,1-2H3. The zero-order valence-corrected chi connectivity index (χ0v) is 11.2. The minimum atomic E-state index is -0.698. The molecule has 0 aliphatic carbocycles. The molecule has 0 amide bonds. The number of rotatable bonds is 2. The van der Waals surface area contributed by atoms with Crippen LogP contribution in [-0.2, 0) is 5.60 Å². The number of piperidine rings is 1. The van der Waals surface area contributed by atoms with E-state index in [1.807, 2.05) is 24.3 Å². The molecule has 2 nitrogen and oxygen atoms in total. The lowest BCUT2D eigenvalue weighted by atomic mass is 9.84. The normalized spacial score (nSPS) is 20.8. The second kappa shape index (κ2) is 4.97. The molecule has 1 heterocycles. The van der Waals surface area contributed by atoms with Crippen LogP contribution in [0.2, 0.25) is 5.02 Å². The van der Waals surface area contributed by atoms with Crippen LogP contribution in [0.5, 0.6) is 0 Å². The van der Waals surface area contributed by atoms with Gasteiger partial charge in [-0.2, -0.15) is 0 Å². The highest BCUT2D eigenvalue weighted by Gasteiger charge is 2.34. The molecule has 0 atom stereocenters. The van der Waals surface area contributed by atoms with Gasteiger partial charge in [-0.05, 0) is 44.4 Å². The maximum Gasteiger partial charge on any atom is 0.0921 e. The van der Waals surface area contributed by atoms with Crippen LogP contribution in [-0.4, -0.2) is 29.1 Å². The molecular formula is C14H20ClNO. The van der Waals surface area contributed by atoms with E-state index in [1.54, 1.807) is 0 Å². The molecule has 3 heteroatoms. The average molecular weight is 254 g/mol. The Morgan fingerprint density at radius 3 is 2.47 bits per heavy atom. The fourth-order valence-electron chi connectivity index (χ4n) is 2.48. The van der Waals surface area contributed by atoms with Crippen LogP contribution in [0.25, 0.3) is 0 Å². The van der Waals surface area contributed by atoms with Crippen molar-refractivity contribution in [3.63, 3.8) is 0 Å². The summed E-state index contributed by atoms with van der Waals surface area (Å²) in [5, 5.41) is 11.4. The first-order valence-electron chi connectivity index (χ1n) is 6.24. The van der Waals surface area contributed by atoms with Gasteiger partial charge in [-0.15, -0.1) is 0 Å². The molecule has 17 heavy (non-hydrogen) atoms. The molecule has 1 saturated heterocycles. The van der Waals surface area contributed by atoms with Crippen LogP contribution in [0.1, 0.15) is 32.3 Å². The molecule has 2 rings (SSSR count). The first-order valence-corrected chi connectivity index (χ1v) is 6.61. The number of benzene rings is 1. The summed E-state index contributed by atoms with van der Waals surface area (Å²) in [5.74, 6) is 0. The molecular weight excluding hydrogens is 234 g/mol. The van der Waals surface area contributed by atoms with E-state index in [4.69, 9.17) is 11.6 Å². The number of likely N-dealkylation sites (tertiary alicyclic amines) is 1. The van der Waals surface area contributed by atoms with E-state index in [1.165, 1.54) is 0 Å². The molecule has 0 spiro atoms. The summed E-state index contributed by atoms with van der Waals surface area (Å²) in [6, 6.07) is 8.16.